The summed E-state index contributed by atoms with van der Waals surface area (Å²) in [6.45, 7) is 0. The van der Waals surface area contributed by atoms with Gasteiger partial charge in [0, 0.05) is 5.56 Å². The van der Waals surface area contributed by atoms with Crippen LogP contribution in [0, 0.1) is 10.1 Å². The maximum absolute atomic E-state index is 10.6. The minimum atomic E-state index is -0.507. The van der Waals surface area contributed by atoms with Gasteiger partial charge in [0.25, 0.3) is 5.69 Å². The van der Waals surface area contributed by atoms with Gasteiger partial charge in [-0.3, -0.25) is 16.0 Å². The van der Waals surface area contributed by atoms with Crippen molar-refractivity contribution in [2.75, 3.05) is 5.43 Å². The number of rotatable bonds is 3. The predicted molar refractivity (Wildman–Crippen MR) is 50.5 cm³/mol. The number of nitrogens with one attached hydrogen (secondary N) is 1. The van der Waals surface area contributed by atoms with Gasteiger partial charge >= 0.3 is 0 Å². The minimum Gasteiger partial charge on any atom is -0.318 e. The van der Waals surface area contributed by atoms with Crippen LogP contribution in [-0.4, -0.2) is 4.92 Å². The zero-order valence-corrected chi connectivity index (χ0v) is 7.41. The number of hydrazine groups is 1. The van der Waals surface area contributed by atoms with Gasteiger partial charge in [-0.1, -0.05) is 12.1 Å². The standard InChI is InChI=1S/C7H8ClN3O2/c8-4-5-2-1-3-6(10-9)7(5)11(12)13/h1-3,10H,4,9H2. The van der Waals surface area contributed by atoms with Crippen molar-refractivity contribution in [1.82, 2.24) is 0 Å². The molecule has 0 amide bonds. The molecular weight excluding hydrogens is 194 g/mol. The van der Waals surface area contributed by atoms with Crippen LogP contribution in [0.2, 0.25) is 0 Å². The van der Waals surface area contributed by atoms with Crippen LogP contribution in [0.5, 0.6) is 0 Å². The number of hydrogen-bond donors (Lipinski definition) is 2. The fourth-order valence-corrected chi connectivity index (χ4v) is 1.25. The Hall–Kier alpha value is -1.33. The number of nitro benzene ring substituents is 1. The highest BCUT2D eigenvalue weighted by molar-refractivity contribution is 6.17. The Morgan fingerprint density at radius 3 is 2.77 bits per heavy atom. The average Bonchev–Trinajstić information content (AvgIpc) is 2.16. The summed E-state index contributed by atoms with van der Waals surface area (Å²) in [7, 11) is 0. The van der Waals surface area contributed by atoms with E-state index in [0.717, 1.165) is 0 Å². The van der Waals surface area contributed by atoms with E-state index in [9.17, 15) is 10.1 Å². The van der Waals surface area contributed by atoms with Crippen LogP contribution in [0.3, 0.4) is 0 Å². The van der Waals surface area contributed by atoms with Gasteiger partial charge in [0.2, 0.25) is 0 Å². The third kappa shape index (κ3) is 1.88. The van der Waals surface area contributed by atoms with Crippen LogP contribution in [-0.2, 0) is 5.88 Å². The van der Waals surface area contributed by atoms with Gasteiger partial charge in [-0.15, -0.1) is 11.6 Å². The summed E-state index contributed by atoms with van der Waals surface area (Å²) in [4.78, 5) is 10.1. The molecule has 0 saturated carbocycles. The quantitative estimate of drug-likeness (QED) is 0.337. The minimum absolute atomic E-state index is 0.0694. The topological polar surface area (TPSA) is 81.2 Å². The molecule has 1 aromatic rings. The molecular formula is C7H8ClN3O2. The maximum Gasteiger partial charge on any atom is 0.298 e. The van der Waals surface area contributed by atoms with Gasteiger partial charge in [-0.2, -0.15) is 0 Å². The highest BCUT2D eigenvalue weighted by atomic mass is 35.5. The summed E-state index contributed by atoms with van der Waals surface area (Å²) in [6.07, 6.45) is 0. The molecule has 0 aliphatic rings. The van der Waals surface area contributed by atoms with Gasteiger partial charge < -0.3 is 5.43 Å². The lowest BCUT2D eigenvalue weighted by atomic mass is 10.2. The molecule has 0 aromatic heterocycles. The Balaban J connectivity index is 3.29. The molecule has 0 aliphatic carbocycles. The van der Waals surface area contributed by atoms with Gasteiger partial charge in [0.1, 0.15) is 5.69 Å². The van der Waals surface area contributed by atoms with Crippen LogP contribution < -0.4 is 11.3 Å². The molecule has 0 heterocycles. The normalized spacial score (nSPS) is 9.69. The Morgan fingerprint density at radius 1 is 1.62 bits per heavy atom. The van der Waals surface area contributed by atoms with Crippen molar-refractivity contribution in [3.8, 4) is 0 Å². The Kier molecular flexibility index (Phi) is 3.05. The second kappa shape index (κ2) is 4.06. The molecule has 3 N–H and O–H groups in total. The number of alkyl halides is 1. The number of nitrogen functional groups attached to an aromatic ring is 1. The van der Waals surface area contributed by atoms with Gasteiger partial charge in [-0.25, -0.2) is 0 Å². The third-order valence-electron chi connectivity index (χ3n) is 1.60. The molecule has 0 unspecified atom stereocenters. The zero-order chi connectivity index (χ0) is 9.84. The number of halogens is 1. The number of nitrogens with zero attached hydrogens (tertiary/aromatic N) is 1. The number of anilines is 1. The second-order valence-corrected chi connectivity index (χ2v) is 2.62. The van der Waals surface area contributed by atoms with E-state index in [1.807, 2.05) is 0 Å². The Bertz CT molecular complexity index is 307. The zero-order valence-electron chi connectivity index (χ0n) is 6.66. The van der Waals surface area contributed by atoms with E-state index in [1.165, 1.54) is 6.07 Å². The van der Waals surface area contributed by atoms with Crippen LogP contribution in [0.15, 0.2) is 18.2 Å². The Morgan fingerprint density at radius 2 is 2.31 bits per heavy atom. The SMILES string of the molecule is NNc1cccc(CCl)c1[N+](=O)[O-]. The van der Waals surface area contributed by atoms with E-state index in [0.29, 0.717) is 5.56 Å². The Labute approximate surface area is 79.6 Å². The van der Waals surface area contributed by atoms with Gasteiger partial charge in [0.15, 0.2) is 0 Å². The largest absolute Gasteiger partial charge is 0.318 e. The van der Waals surface area contributed by atoms with Crippen molar-refractivity contribution in [3.05, 3.63) is 33.9 Å². The molecule has 0 spiro atoms. The second-order valence-electron chi connectivity index (χ2n) is 2.35. The molecule has 1 rings (SSSR count). The number of nitrogens with two attached hydrogens (primary N) is 1. The molecule has 5 nitrogen and oxygen atoms in total. The lowest BCUT2D eigenvalue weighted by Gasteiger charge is -2.04. The first-order valence-electron chi connectivity index (χ1n) is 3.49. The summed E-state index contributed by atoms with van der Waals surface area (Å²) < 4.78 is 0. The van der Waals surface area contributed by atoms with Crippen molar-refractivity contribution >= 4 is 23.0 Å². The van der Waals surface area contributed by atoms with E-state index < -0.39 is 4.92 Å². The van der Waals surface area contributed by atoms with E-state index in [2.05, 4.69) is 5.43 Å². The fraction of sp³-hybridized carbons (Fsp3) is 0.143. The summed E-state index contributed by atoms with van der Waals surface area (Å²) in [5.41, 5.74) is 2.90. The first kappa shape index (κ1) is 9.76. The van der Waals surface area contributed by atoms with Gasteiger partial charge in [0.05, 0.1) is 10.8 Å². The highest BCUT2D eigenvalue weighted by Crippen LogP contribution is 2.28. The molecule has 0 saturated heterocycles. The van der Waals surface area contributed by atoms with Crippen LogP contribution in [0.4, 0.5) is 11.4 Å². The summed E-state index contributed by atoms with van der Waals surface area (Å²) in [6, 6.07) is 4.76. The molecule has 0 aliphatic heterocycles. The van der Waals surface area contributed by atoms with E-state index in [1.54, 1.807) is 12.1 Å². The van der Waals surface area contributed by atoms with Crippen molar-refractivity contribution in [3.63, 3.8) is 0 Å². The number of nitro groups is 1. The molecule has 1 aromatic carbocycles. The van der Waals surface area contributed by atoms with E-state index >= 15 is 0 Å². The monoisotopic (exact) mass is 201 g/mol. The van der Waals surface area contributed by atoms with Crippen LogP contribution in [0.25, 0.3) is 0 Å². The van der Waals surface area contributed by atoms with E-state index in [-0.39, 0.29) is 17.3 Å². The number of hydrogen-bond acceptors (Lipinski definition) is 4. The summed E-state index contributed by atoms with van der Waals surface area (Å²) in [5, 5.41) is 10.6. The molecule has 0 atom stereocenters. The molecule has 6 heteroatoms. The molecule has 0 radical (unpaired) electrons. The average molecular weight is 202 g/mol. The predicted octanol–water partition coefficient (Wildman–Crippen LogP) is 1.62. The highest BCUT2D eigenvalue weighted by Gasteiger charge is 2.17. The van der Waals surface area contributed by atoms with Gasteiger partial charge in [-0.05, 0) is 6.07 Å². The maximum atomic E-state index is 10.6. The van der Waals surface area contributed by atoms with Crippen molar-refractivity contribution < 1.29 is 4.92 Å². The molecule has 0 fully saturated rings. The first-order chi connectivity index (χ1) is 6.20. The summed E-state index contributed by atoms with van der Waals surface area (Å²) >= 11 is 5.53. The fourth-order valence-electron chi connectivity index (χ4n) is 1.03. The first-order valence-corrected chi connectivity index (χ1v) is 4.03. The smallest absolute Gasteiger partial charge is 0.298 e. The molecule has 13 heavy (non-hydrogen) atoms. The van der Waals surface area contributed by atoms with Crippen molar-refractivity contribution in [2.24, 2.45) is 5.84 Å². The van der Waals surface area contributed by atoms with E-state index in [4.69, 9.17) is 17.4 Å². The van der Waals surface area contributed by atoms with Crippen LogP contribution >= 0.6 is 11.6 Å². The summed E-state index contributed by atoms with van der Waals surface area (Å²) in [5.74, 6) is 5.20. The lowest BCUT2D eigenvalue weighted by Crippen LogP contribution is -2.09. The van der Waals surface area contributed by atoms with Crippen molar-refractivity contribution in [1.29, 1.82) is 0 Å². The molecule has 0 bridgehead atoms. The molecule has 70 valence electrons. The number of para-hydroxylation sites is 1. The lowest BCUT2D eigenvalue weighted by molar-refractivity contribution is -0.384. The van der Waals surface area contributed by atoms with Crippen LogP contribution in [0.1, 0.15) is 5.56 Å². The number of benzene rings is 1. The third-order valence-corrected chi connectivity index (χ3v) is 1.89. The van der Waals surface area contributed by atoms with Crippen molar-refractivity contribution in [2.45, 2.75) is 5.88 Å².